The molecule has 0 atom stereocenters. The summed E-state index contributed by atoms with van der Waals surface area (Å²) in [7, 11) is 1.30. The molecule has 164 valence electrons. The zero-order chi connectivity index (χ0) is 22.7. The molecule has 10 heteroatoms. The van der Waals surface area contributed by atoms with Crippen LogP contribution >= 0.6 is 22.9 Å². The highest BCUT2D eigenvalue weighted by molar-refractivity contribution is 7.20. The number of nitrogens with one attached hydrogen (secondary N) is 2. The van der Waals surface area contributed by atoms with Crippen molar-refractivity contribution in [1.82, 2.24) is 14.9 Å². The van der Waals surface area contributed by atoms with Crippen molar-refractivity contribution in [2.45, 2.75) is 27.3 Å². The maximum Gasteiger partial charge on any atom is 0.348 e. The van der Waals surface area contributed by atoms with Crippen LogP contribution in [-0.4, -0.2) is 46.9 Å². The van der Waals surface area contributed by atoms with Crippen LogP contribution in [0, 0.1) is 13.8 Å². The number of aromatic nitrogens is 2. The number of amides is 1. The van der Waals surface area contributed by atoms with Crippen molar-refractivity contribution in [2.24, 2.45) is 0 Å². The van der Waals surface area contributed by atoms with Gasteiger partial charge in [-0.2, -0.15) is 0 Å². The molecule has 0 spiro atoms. The van der Waals surface area contributed by atoms with E-state index in [1.54, 1.807) is 19.1 Å². The monoisotopic (exact) mass is 462 g/mol. The molecule has 3 aromatic rings. The molecule has 0 aliphatic heterocycles. The van der Waals surface area contributed by atoms with E-state index in [1.165, 1.54) is 7.11 Å². The lowest BCUT2D eigenvalue weighted by Gasteiger charge is -2.19. The number of benzene rings is 1. The summed E-state index contributed by atoms with van der Waals surface area (Å²) in [5.74, 6) is -0.274. The Labute approximate surface area is 188 Å². The van der Waals surface area contributed by atoms with Gasteiger partial charge in [-0.05, 0) is 43.7 Å². The van der Waals surface area contributed by atoms with Crippen LogP contribution < -0.4 is 10.9 Å². The number of nitrogens with zero attached hydrogens (tertiary/aromatic N) is 2. The molecule has 3 rings (SSSR count). The molecule has 0 aliphatic rings. The maximum atomic E-state index is 12.6. The molecule has 1 aromatic carbocycles. The number of hydrogen-bond acceptors (Lipinski definition) is 7. The number of carbonyl (C=O) groups excluding carboxylic acids is 2. The van der Waals surface area contributed by atoms with Gasteiger partial charge in [0, 0.05) is 10.7 Å². The van der Waals surface area contributed by atoms with Crippen molar-refractivity contribution >= 4 is 50.7 Å². The Morgan fingerprint density at radius 1 is 1.32 bits per heavy atom. The van der Waals surface area contributed by atoms with E-state index in [1.807, 2.05) is 24.8 Å². The van der Waals surface area contributed by atoms with Crippen molar-refractivity contribution in [2.75, 3.05) is 25.5 Å². The topological polar surface area (TPSA) is 104 Å². The first-order valence-corrected chi connectivity index (χ1v) is 10.8. The number of esters is 1. The van der Waals surface area contributed by atoms with Crippen LogP contribution in [0.25, 0.3) is 10.2 Å². The van der Waals surface area contributed by atoms with Crippen molar-refractivity contribution in [1.29, 1.82) is 0 Å². The predicted octanol–water partition coefficient (Wildman–Crippen LogP) is 3.50. The summed E-state index contributed by atoms with van der Waals surface area (Å²) in [6, 6.07) is 5.31. The van der Waals surface area contributed by atoms with Crippen LogP contribution in [0.3, 0.4) is 0 Å². The van der Waals surface area contributed by atoms with Gasteiger partial charge in [0.15, 0.2) is 0 Å². The third-order valence-electron chi connectivity index (χ3n) is 4.88. The second kappa shape index (κ2) is 9.59. The Bertz CT molecular complexity index is 1200. The van der Waals surface area contributed by atoms with Crippen LogP contribution in [0.1, 0.15) is 33.5 Å². The molecule has 2 aromatic heterocycles. The minimum Gasteiger partial charge on any atom is -0.465 e. The predicted molar refractivity (Wildman–Crippen MR) is 122 cm³/mol. The van der Waals surface area contributed by atoms with Gasteiger partial charge >= 0.3 is 5.97 Å². The Kier molecular flexibility index (Phi) is 7.09. The Morgan fingerprint density at radius 2 is 2.06 bits per heavy atom. The average Bonchev–Trinajstić information content (AvgIpc) is 3.06. The molecule has 0 saturated carbocycles. The number of likely N-dealkylation sites (N-methyl/N-ethyl adjacent to an activating group) is 1. The number of anilines is 1. The molecule has 0 bridgehead atoms. The van der Waals surface area contributed by atoms with E-state index in [0.29, 0.717) is 43.7 Å². The molecule has 0 fully saturated rings. The Hall–Kier alpha value is -2.75. The van der Waals surface area contributed by atoms with Gasteiger partial charge in [0.2, 0.25) is 5.91 Å². The SMILES string of the molecule is CCN(CC(=O)Nc1cc(Cl)ccc1C)Cc1nc2sc(C(=O)OC)c(C)c2c(=O)[nH]1. The van der Waals surface area contributed by atoms with E-state index < -0.39 is 5.97 Å². The fraction of sp³-hybridized carbons (Fsp3) is 0.333. The van der Waals surface area contributed by atoms with Gasteiger partial charge in [0.05, 0.1) is 25.6 Å². The molecule has 31 heavy (non-hydrogen) atoms. The third kappa shape index (κ3) is 5.12. The first-order chi connectivity index (χ1) is 14.7. The molecular weight excluding hydrogens is 440 g/mol. The van der Waals surface area contributed by atoms with Crippen molar-refractivity contribution in [3.63, 3.8) is 0 Å². The molecule has 2 heterocycles. The number of rotatable bonds is 7. The van der Waals surface area contributed by atoms with Gasteiger partial charge in [-0.25, -0.2) is 9.78 Å². The van der Waals surface area contributed by atoms with Gasteiger partial charge in [-0.1, -0.05) is 24.6 Å². The molecule has 2 N–H and O–H groups in total. The standard InChI is InChI=1S/C21H23ClN4O4S/c1-5-26(10-16(27)23-14-8-13(22)7-6-11(14)2)9-15-24-19(28)17-12(3)18(21(29)30-4)31-20(17)25-15/h6-8H,5,9-10H2,1-4H3,(H,23,27)(H,24,25,28). The lowest BCUT2D eigenvalue weighted by atomic mass is 10.2. The average molecular weight is 463 g/mol. The molecule has 8 nitrogen and oxygen atoms in total. The van der Waals surface area contributed by atoms with E-state index in [-0.39, 0.29) is 24.6 Å². The summed E-state index contributed by atoms with van der Waals surface area (Å²) in [4.78, 5) is 47.0. The number of halogens is 1. The van der Waals surface area contributed by atoms with Crippen molar-refractivity contribution < 1.29 is 14.3 Å². The normalized spacial score (nSPS) is 11.2. The number of H-pyrrole nitrogens is 1. The molecule has 0 unspecified atom stereocenters. The lowest BCUT2D eigenvalue weighted by molar-refractivity contribution is -0.117. The number of fused-ring (bicyclic) bond motifs is 1. The number of aryl methyl sites for hydroxylation is 2. The summed E-state index contributed by atoms with van der Waals surface area (Å²) < 4.78 is 4.78. The molecule has 0 aliphatic carbocycles. The van der Waals surface area contributed by atoms with Crippen LogP contribution in [0.15, 0.2) is 23.0 Å². The van der Waals surface area contributed by atoms with Gasteiger partial charge < -0.3 is 15.0 Å². The first kappa shape index (κ1) is 22.9. The Morgan fingerprint density at radius 3 is 2.74 bits per heavy atom. The van der Waals surface area contributed by atoms with Crippen LogP contribution in [0.4, 0.5) is 5.69 Å². The number of aromatic amines is 1. The maximum absolute atomic E-state index is 12.6. The molecule has 0 radical (unpaired) electrons. The van der Waals surface area contributed by atoms with Gasteiger partial charge in [0.25, 0.3) is 5.56 Å². The number of methoxy groups -OCH3 is 1. The summed E-state index contributed by atoms with van der Waals surface area (Å²) in [6.07, 6.45) is 0. The van der Waals surface area contributed by atoms with Gasteiger partial charge in [-0.3, -0.25) is 14.5 Å². The van der Waals surface area contributed by atoms with Gasteiger partial charge in [-0.15, -0.1) is 11.3 Å². The van der Waals surface area contributed by atoms with E-state index in [0.717, 1.165) is 16.9 Å². The summed E-state index contributed by atoms with van der Waals surface area (Å²) in [5, 5.41) is 3.79. The van der Waals surface area contributed by atoms with Crippen LogP contribution in [0.2, 0.25) is 5.02 Å². The van der Waals surface area contributed by atoms with Crippen LogP contribution in [-0.2, 0) is 16.1 Å². The largest absolute Gasteiger partial charge is 0.465 e. The molecular formula is C21H23ClN4O4S. The lowest BCUT2D eigenvalue weighted by Crippen LogP contribution is -2.34. The first-order valence-electron chi connectivity index (χ1n) is 9.62. The highest BCUT2D eigenvalue weighted by Crippen LogP contribution is 2.27. The second-order valence-electron chi connectivity index (χ2n) is 7.05. The van der Waals surface area contributed by atoms with E-state index in [4.69, 9.17) is 16.3 Å². The van der Waals surface area contributed by atoms with Crippen molar-refractivity contribution in [3.05, 3.63) is 55.4 Å². The quantitative estimate of drug-likeness (QED) is 0.521. The number of carbonyl (C=O) groups is 2. The third-order valence-corrected chi connectivity index (χ3v) is 6.28. The number of hydrogen-bond donors (Lipinski definition) is 2. The molecule has 0 saturated heterocycles. The summed E-state index contributed by atoms with van der Waals surface area (Å²) in [5.41, 5.74) is 1.80. The summed E-state index contributed by atoms with van der Waals surface area (Å²) in [6.45, 7) is 6.45. The molecule has 1 amide bonds. The highest BCUT2D eigenvalue weighted by atomic mass is 35.5. The zero-order valence-electron chi connectivity index (χ0n) is 17.7. The van der Waals surface area contributed by atoms with Gasteiger partial charge in [0.1, 0.15) is 15.5 Å². The van der Waals surface area contributed by atoms with Crippen LogP contribution in [0.5, 0.6) is 0 Å². The number of thiophene rings is 1. The zero-order valence-corrected chi connectivity index (χ0v) is 19.2. The Balaban J connectivity index is 1.78. The minimum atomic E-state index is -0.496. The highest BCUT2D eigenvalue weighted by Gasteiger charge is 2.20. The fourth-order valence-corrected chi connectivity index (χ4v) is 4.45. The minimum absolute atomic E-state index is 0.112. The number of ether oxygens (including phenoxy) is 1. The van der Waals surface area contributed by atoms with Crippen molar-refractivity contribution in [3.8, 4) is 0 Å². The van der Waals surface area contributed by atoms with E-state index in [2.05, 4.69) is 15.3 Å². The summed E-state index contributed by atoms with van der Waals surface area (Å²) >= 11 is 7.14. The fourth-order valence-electron chi connectivity index (χ4n) is 3.16. The smallest absolute Gasteiger partial charge is 0.348 e. The van der Waals surface area contributed by atoms with E-state index >= 15 is 0 Å². The van der Waals surface area contributed by atoms with E-state index in [9.17, 15) is 14.4 Å². The second-order valence-corrected chi connectivity index (χ2v) is 8.49.